The molecule has 1 fully saturated rings. The second-order valence-corrected chi connectivity index (χ2v) is 5.35. The highest BCUT2D eigenvalue weighted by molar-refractivity contribution is 5.57. The van der Waals surface area contributed by atoms with E-state index in [2.05, 4.69) is 31.3 Å². The van der Waals surface area contributed by atoms with Crippen molar-refractivity contribution < 1.29 is 0 Å². The van der Waals surface area contributed by atoms with Gasteiger partial charge in [-0.25, -0.2) is 0 Å². The zero-order valence-corrected chi connectivity index (χ0v) is 11.0. The number of nitrogens with one attached hydrogen (secondary N) is 1. The number of anilines is 2. The summed E-state index contributed by atoms with van der Waals surface area (Å²) in [6.07, 6.45) is 6.72. The van der Waals surface area contributed by atoms with Crippen molar-refractivity contribution in [2.75, 3.05) is 11.1 Å². The van der Waals surface area contributed by atoms with E-state index in [9.17, 15) is 0 Å². The van der Waals surface area contributed by atoms with Gasteiger partial charge >= 0.3 is 0 Å². The Morgan fingerprint density at radius 1 is 1.35 bits per heavy atom. The zero-order valence-electron chi connectivity index (χ0n) is 11.0. The third kappa shape index (κ3) is 3.15. The highest BCUT2D eigenvalue weighted by Crippen LogP contribution is 2.29. The first-order chi connectivity index (χ1) is 8.19. The number of hydrogen-bond donors (Lipinski definition) is 2. The van der Waals surface area contributed by atoms with Crippen LogP contribution in [0.5, 0.6) is 0 Å². The topological polar surface area (TPSA) is 38.0 Å². The molecule has 0 bridgehead atoms. The van der Waals surface area contributed by atoms with Gasteiger partial charge in [-0.1, -0.05) is 26.2 Å². The second-order valence-electron chi connectivity index (χ2n) is 5.35. The van der Waals surface area contributed by atoms with Gasteiger partial charge < -0.3 is 11.1 Å². The van der Waals surface area contributed by atoms with E-state index in [0.29, 0.717) is 6.04 Å². The molecule has 2 unspecified atom stereocenters. The zero-order chi connectivity index (χ0) is 12.3. The molecule has 1 aromatic carbocycles. The summed E-state index contributed by atoms with van der Waals surface area (Å²) in [7, 11) is 0. The minimum absolute atomic E-state index is 0.650. The Hall–Kier alpha value is -1.18. The average Bonchev–Trinajstić information content (AvgIpc) is 2.34. The highest BCUT2D eigenvalue weighted by Gasteiger charge is 2.20. The average molecular weight is 232 g/mol. The predicted molar refractivity (Wildman–Crippen MR) is 75.3 cm³/mol. The first kappa shape index (κ1) is 12.3. The number of hydrogen-bond acceptors (Lipinski definition) is 2. The molecule has 17 heavy (non-hydrogen) atoms. The minimum Gasteiger partial charge on any atom is -0.399 e. The molecule has 2 atom stereocenters. The van der Waals surface area contributed by atoms with Gasteiger partial charge in [0.2, 0.25) is 0 Å². The standard InChI is InChI=1S/C15H24N2/c1-3-12-5-4-6-13(10-12)17-14-7-8-15(16)11(2)9-14/h7-9,12-13,17H,3-6,10,16H2,1-2H3. The number of benzene rings is 1. The molecule has 0 aliphatic heterocycles. The molecule has 0 radical (unpaired) electrons. The first-order valence-corrected chi connectivity index (χ1v) is 6.81. The lowest BCUT2D eigenvalue weighted by Gasteiger charge is -2.30. The fourth-order valence-corrected chi connectivity index (χ4v) is 2.79. The van der Waals surface area contributed by atoms with Crippen LogP contribution >= 0.6 is 0 Å². The molecule has 2 heteroatoms. The van der Waals surface area contributed by atoms with Gasteiger partial charge in [0.25, 0.3) is 0 Å². The van der Waals surface area contributed by atoms with Crippen molar-refractivity contribution >= 4 is 11.4 Å². The Bertz CT molecular complexity index is 373. The molecule has 3 N–H and O–H groups in total. The highest BCUT2D eigenvalue weighted by atomic mass is 14.9. The first-order valence-electron chi connectivity index (χ1n) is 6.81. The smallest absolute Gasteiger partial charge is 0.0346 e. The van der Waals surface area contributed by atoms with Crippen LogP contribution in [0.25, 0.3) is 0 Å². The van der Waals surface area contributed by atoms with E-state index in [0.717, 1.165) is 17.2 Å². The quantitative estimate of drug-likeness (QED) is 0.774. The third-order valence-electron chi connectivity index (χ3n) is 4.00. The van der Waals surface area contributed by atoms with E-state index in [1.54, 1.807) is 0 Å². The summed E-state index contributed by atoms with van der Waals surface area (Å²) in [4.78, 5) is 0. The van der Waals surface area contributed by atoms with Crippen molar-refractivity contribution in [3.05, 3.63) is 23.8 Å². The van der Waals surface area contributed by atoms with Crippen LogP contribution in [-0.2, 0) is 0 Å². The monoisotopic (exact) mass is 232 g/mol. The van der Waals surface area contributed by atoms with Gasteiger partial charge in [-0.2, -0.15) is 0 Å². The Balaban J connectivity index is 1.97. The molecule has 94 valence electrons. The predicted octanol–water partition coefficient (Wildman–Crippen LogP) is 3.96. The summed E-state index contributed by atoms with van der Waals surface area (Å²) in [5, 5.41) is 3.66. The van der Waals surface area contributed by atoms with Crippen molar-refractivity contribution in [1.82, 2.24) is 0 Å². The van der Waals surface area contributed by atoms with Crippen LogP contribution in [-0.4, -0.2) is 6.04 Å². The van der Waals surface area contributed by atoms with E-state index in [1.165, 1.54) is 37.8 Å². The Kier molecular flexibility index (Phi) is 3.93. The van der Waals surface area contributed by atoms with Crippen LogP contribution in [0.15, 0.2) is 18.2 Å². The maximum absolute atomic E-state index is 5.84. The lowest BCUT2D eigenvalue weighted by atomic mass is 9.84. The van der Waals surface area contributed by atoms with Gasteiger partial charge in [0.1, 0.15) is 0 Å². The molecular formula is C15H24N2. The Morgan fingerprint density at radius 2 is 2.18 bits per heavy atom. The molecule has 0 heterocycles. The Morgan fingerprint density at radius 3 is 2.88 bits per heavy atom. The SMILES string of the molecule is CCC1CCCC(Nc2ccc(N)c(C)c2)C1. The van der Waals surface area contributed by atoms with E-state index in [1.807, 2.05) is 6.07 Å². The Labute approximate surface area is 105 Å². The number of aryl methyl sites for hydroxylation is 1. The molecule has 2 rings (SSSR count). The molecule has 0 aromatic heterocycles. The van der Waals surface area contributed by atoms with E-state index in [-0.39, 0.29) is 0 Å². The molecule has 1 saturated carbocycles. The molecule has 1 aliphatic rings. The van der Waals surface area contributed by atoms with Crippen molar-refractivity contribution in [2.24, 2.45) is 5.92 Å². The molecule has 0 spiro atoms. The number of rotatable bonds is 3. The molecule has 0 saturated heterocycles. The largest absolute Gasteiger partial charge is 0.399 e. The molecular weight excluding hydrogens is 208 g/mol. The number of nitrogen functional groups attached to an aromatic ring is 1. The van der Waals surface area contributed by atoms with Crippen LogP contribution in [0.2, 0.25) is 0 Å². The summed E-state index contributed by atoms with van der Waals surface area (Å²) in [5.74, 6) is 0.913. The fraction of sp³-hybridized carbons (Fsp3) is 0.600. The van der Waals surface area contributed by atoms with Crippen LogP contribution in [0.3, 0.4) is 0 Å². The molecule has 1 aliphatic carbocycles. The van der Waals surface area contributed by atoms with Crippen LogP contribution in [0.1, 0.15) is 44.6 Å². The third-order valence-corrected chi connectivity index (χ3v) is 4.00. The normalized spacial score (nSPS) is 24.6. The lowest BCUT2D eigenvalue weighted by molar-refractivity contribution is 0.327. The molecule has 0 amide bonds. The maximum Gasteiger partial charge on any atom is 0.0346 e. The van der Waals surface area contributed by atoms with Crippen LogP contribution in [0, 0.1) is 12.8 Å². The van der Waals surface area contributed by atoms with Gasteiger partial charge in [0.15, 0.2) is 0 Å². The van der Waals surface area contributed by atoms with Gasteiger partial charge in [-0.3, -0.25) is 0 Å². The summed E-state index contributed by atoms with van der Waals surface area (Å²) in [5.41, 5.74) is 9.10. The van der Waals surface area contributed by atoms with Gasteiger partial charge in [-0.15, -0.1) is 0 Å². The van der Waals surface area contributed by atoms with E-state index < -0.39 is 0 Å². The lowest BCUT2D eigenvalue weighted by Crippen LogP contribution is -2.27. The molecule has 1 aromatic rings. The van der Waals surface area contributed by atoms with Crippen molar-refractivity contribution in [3.63, 3.8) is 0 Å². The summed E-state index contributed by atoms with van der Waals surface area (Å²) >= 11 is 0. The summed E-state index contributed by atoms with van der Waals surface area (Å²) < 4.78 is 0. The fourth-order valence-electron chi connectivity index (χ4n) is 2.79. The van der Waals surface area contributed by atoms with Crippen LogP contribution < -0.4 is 11.1 Å². The summed E-state index contributed by atoms with van der Waals surface area (Å²) in [6, 6.07) is 6.90. The van der Waals surface area contributed by atoms with Gasteiger partial charge in [-0.05, 0) is 49.4 Å². The van der Waals surface area contributed by atoms with E-state index in [4.69, 9.17) is 5.73 Å². The van der Waals surface area contributed by atoms with Crippen molar-refractivity contribution in [2.45, 2.75) is 52.0 Å². The second kappa shape index (κ2) is 5.44. The molecule has 2 nitrogen and oxygen atoms in total. The van der Waals surface area contributed by atoms with Crippen molar-refractivity contribution in [1.29, 1.82) is 0 Å². The van der Waals surface area contributed by atoms with E-state index >= 15 is 0 Å². The number of nitrogens with two attached hydrogens (primary N) is 1. The van der Waals surface area contributed by atoms with Crippen molar-refractivity contribution in [3.8, 4) is 0 Å². The minimum atomic E-state index is 0.650. The maximum atomic E-state index is 5.84. The van der Waals surface area contributed by atoms with Crippen LogP contribution in [0.4, 0.5) is 11.4 Å². The summed E-state index contributed by atoms with van der Waals surface area (Å²) in [6.45, 7) is 4.37. The van der Waals surface area contributed by atoms with Gasteiger partial charge in [0, 0.05) is 17.4 Å². The van der Waals surface area contributed by atoms with Gasteiger partial charge in [0.05, 0.1) is 0 Å².